The standard InChI is InChI=1S/C13H17N5O4/c1-7(2)22-11-5-9(14)8(4-10(11)21-3)13-15-17-18(16-13)6-12(19)20/h4-5,7H,6,14H2,1-3H3,(H,19,20). The number of nitrogens with zero attached hydrogens (tertiary/aromatic N) is 4. The average molecular weight is 307 g/mol. The molecule has 0 saturated carbocycles. The van der Waals surface area contributed by atoms with Crippen LogP contribution in [-0.4, -0.2) is 44.5 Å². The van der Waals surface area contributed by atoms with Crippen LogP contribution < -0.4 is 15.2 Å². The monoisotopic (exact) mass is 307 g/mol. The van der Waals surface area contributed by atoms with Gasteiger partial charge in [0.05, 0.1) is 13.2 Å². The van der Waals surface area contributed by atoms with E-state index in [2.05, 4.69) is 15.4 Å². The van der Waals surface area contributed by atoms with Gasteiger partial charge < -0.3 is 20.3 Å². The van der Waals surface area contributed by atoms with Gasteiger partial charge in [0.15, 0.2) is 18.0 Å². The minimum atomic E-state index is -1.06. The zero-order valence-electron chi connectivity index (χ0n) is 12.5. The lowest BCUT2D eigenvalue weighted by atomic mass is 10.1. The molecule has 0 amide bonds. The first-order valence-electron chi connectivity index (χ1n) is 6.55. The number of ether oxygens (including phenoxy) is 2. The summed E-state index contributed by atoms with van der Waals surface area (Å²) in [4.78, 5) is 11.6. The van der Waals surface area contributed by atoms with Crippen molar-refractivity contribution in [2.45, 2.75) is 26.5 Å². The Kier molecular flexibility index (Phi) is 4.44. The molecule has 1 aromatic heterocycles. The van der Waals surface area contributed by atoms with Crippen molar-refractivity contribution < 1.29 is 19.4 Å². The minimum absolute atomic E-state index is 0.0336. The predicted molar refractivity (Wildman–Crippen MR) is 77.6 cm³/mol. The second kappa shape index (κ2) is 6.29. The first-order valence-corrected chi connectivity index (χ1v) is 6.55. The lowest BCUT2D eigenvalue weighted by Gasteiger charge is -2.15. The van der Waals surface area contributed by atoms with Crippen molar-refractivity contribution >= 4 is 11.7 Å². The van der Waals surface area contributed by atoms with Gasteiger partial charge >= 0.3 is 5.97 Å². The zero-order chi connectivity index (χ0) is 16.3. The molecule has 0 spiro atoms. The van der Waals surface area contributed by atoms with E-state index < -0.39 is 5.97 Å². The molecule has 0 fully saturated rings. The molecule has 0 aliphatic heterocycles. The zero-order valence-corrected chi connectivity index (χ0v) is 12.5. The molecule has 0 saturated heterocycles. The van der Waals surface area contributed by atoms with Crippen molar-refractivity contribution in [3.8, 4) is 22.9 Å². The third kappa shape index (κ3) is 3.43. The van der Waals surface area contributed by atoms with Crippen molar-refractivity contribution in [2.75, 3.05) is 12.8 Å². The average Bonchev–Trinajstić information content (AvgIpc) is 2.85. The van der Waals surface area contributed by atoms with E-state index in [0.29, 0.717) is 22.7 Å². The lowest BCUT2D eigenvalue weighted by Crippen LogP contribution is -2.11. The Balaban J connectivity index is 2.38. The number of benzene rings is 1. The Morgan fingerprint density at radius 1 is 1.41 bits per heavy atom. The first-order chi connectivity index (χ1) is 10.4. The number of aliphatic carboxylic acids is 1. The molecule has 0 bridgehead atoms. The van der Waals surface area contributed by atoms with Crippen LogP contribution in [-0.2, 0) is 11.3 Å². The van der Waals surface area contributed by atoms with E-state index in [9.17, 15) is 4.79 Å². The molecule has 0 unspecified atom stereocenters. The summed E-state index contributed by atoms with van der Waals surface area (Å²) in [5, 5.41) is 20.2. The maximum atomic E-state index is 10.6. The van der Waals surface area contributed by atoms with Crippen LogP contribution in [0.5, 0.6) is 11.5 Å². The number of hydrogen-bond donors (Lipinski definition) is 2. The molecular formula is C13H17N5O4. The van der Waals surface area contributed by atoms with Gasteiger partial charge in [0.25, 0.3) is 0 Å². The van der Waals surface area contributed by atoms with Crippen molar-refractivity contribution in [1.29, 1.82) is 0 Å². The van der Waals surface area contributed by atoms with Crippen LogP contribution in [0, 0.1) is 0 Å². The molecule has 0 aliphatic rings. The van der Waals surface area contributed by atoms with Gasteiger partial charge in [-0.1, -0.05) is 0 Å². The highest BCUT2D eigenvalue weighted by Gasteiger charge is 2.16. The van der Waals surface area contributed by atoms with E-state index >= 15 is 0 Å². The summed E-state index contributed by atoms with van der Waals surface area (Å²) in [6, 6.07) is 3.25. The smallest absolute Gasteiger partial charge is 0.327 e. The number of tetrazole rings is 1. The van der Waals surface area contributed by atoms with Crippen molar-refractivity contribution in [3.63, 3.8) is 0 Å². The quantitative estimate of drug-likeness (QED) is 0.751. The van der Waals surface area contributed by atoms with Crippen molar-refractivity contribution in [2.24, 2.45) is 0 Å². The summed E-state index contributed by atoms with van der Waals surface area (Å²) >= 11 is 0. The van der Waals surface area contributed by atoms with Crippen LogP contribution in [0.25, 0.3) is 11.4 Å². The maximum absolute atomic E-state index is 10.6. The summed E-state index contributed by atoms with van der Waals surface area (Å²) in [6.07, 6.45) is -0.0336. The van der Waals surface area contributed by atoms with E-state index in [1.807, 2.05) is 13.8 Å². The van der Waals surface area contributed by atoms with E-state index in [-0.39, 0.29) is 18.5 Å². The van der Waals surface area contributed by atoms with E-state index in [4.69, 9.17) is 20.3 Å². The molecule has 1 aromatic carbocycles. The number of aromatic nitrogens is 4. The lowest BCUT2D eigenvalue weighted by molar-refractivity contribution is -0.138. The summed E-state index contributed by atoms with van der Waals surface area (Å²) in [5.41, 5.74) is 6.87. The second-order valence-corrected chi connectivity index (χ2v) is 4.79. The first kappa shape index (κ1) is 15.5. The maximum Gasteiger partial charge on any atom is 0.327 e. The van der Waals surface area contributed by atoms with E-state index in [1.54, 1.807) is 12.1 Å². The molecule has 1 heterocycles. The van der Waals surface area contributed by atoms with Crippen LogP contribution in [0.1, 0.15) is 13.8 Å². The molecule has 22 heavy (non-hydrogen) atoms. The molecule has 9 heteroatoms. The van der Waals surface area contributed by atoms with Crippen LogP contribution in [0.4, 0.5) is 5.69 Å². The number of carboxylic acid groups (broad SMARTS) is 1. The fourth-order valence-electron chi connectivity index (χ4n) is 1.81. The molecular weight excluding hydrogens is 290 g/mol. The van der Waals surface area contributed by atoms with Gasteiger partial charge in [-0.25, -0.2) is 0 Å². The number of anilines is 1. The summed E-state index contributed by atoms with van der Waals surface area (Å²) in [5.74, 6) is 0.146. The van der Waals surface area contributed by atoms with Gasteiger partial charge in [-0.2, -0.15) is 4.80 Å². The molecule has 9 nitrogen and oxygen atoms in total. The topological polar surface area (TPSA) is 125 Å². The summed E-state index contributed by atoms with van der Waals surface area (Å²) in [6.45, 7) is 3.41. The third-order valence-corrected chi connectivity index (χ3v) is 2.67. The van der Waals surface area contributed by atoms with E-state index in [0.717, 1.165) is 4.80 Å². The van der Waals surface area contributed by atoms with Gasteiger partial charge in [-0.05, 0) is 25.1 Å². The highest BCUT2D eigenvalue weighted by molar-refractivity contribution is 5.75. The van der Waals surface area contributed by atoms with Crippen molar-refractivity contribution in [1.82, 2.24) is 20.2 Å². The molecule has 3 N–H and O–H groups in total. The normalized spacial score (nSPS) is 10.7. The van der Waals surface area contributed by atoms with Crippen LogP contribution in [0.15, 0.2) is 12.1 Å². The van der Waals surface area contributed by atoms with Gasteiger partial charge in [-0.3, -0.25) is 4.79 Å². The van der Waals surface area contributed by atoms with Crippen LogP contribution in [0.3, 0.4) is 0 Å². The second-order valence-electron chi connectivity index (χ2n) is 4.79. The van der Waals surface area contributed by atoms with Gasteiger partial charge in [0.1, 0.15) is 0 Å². The number of rotatable bonds is 6. The number of carboxylic acids is 1. The summed E-state index contributed by atoms with van der Waals surface area (Å²) < 4.78 is 10.9. The predicted octanol–water partition coefficient (Wildman–Crippen LogP) is 0.803. The van der Waals surface area contributed by atoms with Crippen molar-refractivity contribution in [3.05, 3.63) is 12.1 Å². The van der Waals surface area contributed by atoms with E-state index in [1.165, 1.54) is 7.11 Å². The number of carbonyl (C=O) groups is 1. The highest BCUT2D eigenvalue weighted by Crippen LogP contribution is 2.36. The Morgan fingerprint density at radius 3 is 2.73 bits per heavy atom. The Bertz CT molecular complexity index is 683. The number of hydrogen-bond acceptors (Lipinski definition) is 7. The Labute approximate surface area is 126 Å². The number of methoxy groups -OCH3 is 1. The Morgan fingerprint density at radius 2 is 2.14 bits per heavy atom. The van der Waals surface area contributed by atoms with Gasteiger partial charge in [0, 0.05) is 17.3 Å². The molecule has 2 rings (SSSR count). The molecule has 0 radical (unpaired) electrons. The molecule has 0 atom stereocenters. The number of nitrogen functional groups attached to an aromatic ring is 1. The third-order valence-electron chi connectivity index (χ3n) is 2.67. The highest BCUT2D eigenvalue weighted by atomic mass is 16.5. The minimum Gasteiger partial charge on any atom is -0.493 e. The van der Waals surface area contributed by atoms with Gasteiger partial charge in [0.2, 0.25) is 5.82 Å². The fourth-order valence-corrected chi connectivity index (χ4v) is 1.81. The molecule has 2 aromatic rings. The van der Waals surface area contributed by atoms with Crippen LogP contribution in [0.2, 0.25) is 0 Å². The number of nitrogens with two attached hydrogens (primary N) is 1. The summed E-state index contributed by atoms with van der Waals surface area (Å²) in [7, 11) is 1.51. The molecule has 118 valence electrons. The van der Waals surface area contributed by atoms with Crippen LogP contribution >= 0.6 is 0 Å². The molecule has 0 aliphatic carbocycles. The fraction of sp³-hybridized carbons (Fsp3) is 0.385. The van der Waals surface area contributed by atoms with Gasteiger partial charge in [-0.15, -0.1) is 10.2 Å². The largest absolute Gasteiger partial charge is 0.493 e. The SMILES string of the molecule is COc1cc(-c2nnn(CC(=O)O)n2)c(N)cc1OC(C)C. The Hall–Kier alpha value is -2.84.